The van der Waals surface area contributed by atoms with Gasteiger partial charge >= 0.3 is 0 Å². The van der Waals surface area contributed by atoms with Gasteiger partial charge in [0.1, 0.15) is 11.5 Å². The third kappa shape index (κ3) is 5.33. The summed E-state index contributed by atoms with van der Waals surface area (Å²) in [6, 6.07) is 16.0. The Morgan fingerprint density at radius 1 is 1.06 bits per heavy atom. The van der Waals surface area contributed by atoms with E-state index in [1.165, 1.54) is 4.90 Å². The zero-order valence-corrected chi connectivity index (χ0v) is 21.0. The molecule has 1 aliphatic rings. The summed E-state index contributed by atoms with van der Waals surface area (Å²) >= 11 is 0. The van der Waals surface area contributed by atoms with Crippen LogP contribution in [0.2, 0.25) is 0 Å². The summed E-state index contributed by atoms with van der Waals surface area (Å²) < 4.78 is 5.85. The van der Waals surface area contributed by atoms with Crippen molar-refractivity contribution < 1.29 is 19.4 Å². The normalized spacial score (nSPS) is 17.0. The number of aliphatic hydroxyl groups excluding tert-OH is 1. The molecule has 6 nitrogen and oxygen atoms in total. The number of ether oxygens (including phenoxy) is 1. The Bertz CT molecular complexity index is 1270. The number of hydrogen-bond acceptors (Lipinski definition) is 5. The minimum atomic E-state index is -0.737. The number of nitrogens with zero attached hydrogens (tertiary/aromatic N) is 2. The lowest BCUT2D eigenvalue weighted by Crippen LogP contribution is -2.29. The molecule has 1 fully saturated rings. The van der Waals surface area contributed by atoms with Gasteiger partial charge in [-0.3, -0.25) is 14.6 Å². The number of Topliss-reactive ketones (excluding diaryl/α,β-unsaturated/α-hetero) is 1. The monoisotopic (exact) mass is 484 g/mol. The van der Waals surface area contributed by atoms with Crippen LogP contribution in [0.1, 0.15) is 60.0 Å². The molecular formula is C30H32N2O4. The second-order valence-electron chi connectivity index (χ2n) is 9.23. The number of amides is 1. The van der Waals surface area contributed by atoms with Crippen molar-refractivity contribution in [1.82, 2.24) is 9.88 Å². The fraction of sp³-hybridized carbons (Fsp3) is 0.300. The molecule has 4 rings (SSSR count). The summed E-state index contributed by atoms with van der Waals surface area (Å²) in [7, 11) is 0. The molecule has 2 aromatic carbocycles. The fourth-order valence-corrected chi connectivity index (χ4v) is 4.50. The van der Waals surface area contributed by atoms with Crippen LogP contribution in [0.4, 0.5) is 0 Å². The van der Waals surface area contributed by atoms with Gasteiger partial charge in [-0.2, -0.15) is 0 Å². The zero-order chi connectivity index (χ0) is 25.7. The highest BCUT2D eigenvalue weighted by Crippen LogP contribution is 2.41. The van der Waals surface area contributed by atoms with Crippen LogP contribution in [0.3, 0.4) is 0 Å². The van der Waals surface area contributed by atoms with Crippen LogP contribution in [0.15, 0.2) is 72.6 Å². The van der Waals surface area contributed by atoms with E-state index in [1.807, 2.05) is 62.4 Å². The standard InChI is InChI=1S/C30H32N2O4/c1-4-5-6-16-36-24-13-11-23(12-14-24)27-26(28(33)25-17-20(2)9-10-21(25)3)29(34)30(35)32(27)19-22-8-7-15-31-18-22/h7-15,17-18,27,33H,4-6,16,19H2,1-3H3. The van der Waals surface area contributed by atoms with Gasteiger partial charge in [0.2, 0.25) is 0 Å². The largest absolute Gasteiger partial charge is 0.507 e. The van der Waals surface area contributed by atoms with E-state index in [4.69, 9.17) is 4.74 Å². The minimum Gasteiger partial charge on any atom is -0.507 e. The van der Waals surface area contributed by atoms with Gasteiger partial charge in [0.25, 0.3) is 11.7 Å². The SMILES string of the molecule is CCCCCOc1ccc(C2C(=C(O)c3cc(C)ccc3C)C(=O)C(=O)N2Cc2cccnc2)cc1. The molecule has 1 aromatic heterocycles. The van der Waals surface area contributed by atoms with E-state index in [2.05, 4.69) is 11.9 Å². The lowest BCUT2D eigenvalue weighted by atomic mass is 9.93. The molecule has 1 unspecified atom stereocenters. The average Bonchev–Trinajstić information content (AvgIpc) is 3.13. The maximum atomic E-state index is 13.3. The lowest BCUT2D eigenvalue weighted by Gasteiger charge is -2.25. The van der Waals surface area contributed by atoms with Crippen molar-refractivity contribution >= 4 is 17.4 Å². The Labute approximate surface area is 212 Å². The van der Waals surface area contributed by atoms with Gasteiger partial charge in [-0.1, -0.05) is 55.7 Å². The number of benzene rings is 2. The quantitative estimate of drug-likeness (QED) is 0.177. The maximum absolute atomic E-state index is 13.3. The van der Waals surface area contributed by atoms with Crippen molar-refractivity contribution in [2.45, 2.75) is 52.6 Å². The number of aliphatic hydroxyl groups is 1. The van der Waals surface area contributed by atoms with Crippen molar-refractivity contribution in [3.63, 3.8) is 0 Å². The van der Waals surface area contributed by atoms with Crippen molar-refractivity contribution in [3.05, 3.63) is 100 Å². The molecule has 0 saturated carbocycles. The van der Waals surface area contributed by atoms with Crippen LogP contribution in [0.25, 0.3) is 5.76 Å². The van der Waals surface area contributed by atoms with Crippen molar-refractivity contribution in [1.29, 1.82) is 0 Å². The minimum absolute atomic E-state index is 0.0919. The molecule has 2 heterocycles. The van der Waals surface area contributed by atoms with Crippen LogP contribution in [-0.4, -0.2) is 33.3 Å². The van der Waals surface area contributed by atoms with Gasteiger partial charge in [-0.15, -0.1) is 0 Å². The van der Waals surface area contributed by atoms with Gasteiger partial charge < -0.3 is 14.7 Å². The lowest BCUT2D eigenvalue weighted by molar-refractivity contribution is -0.140. The van der Waals surface area contributed by atoms with Gasteiger partial charge in [-0.05, 0) is 61.2 Å². The van der Waals surface area contributed by atoms with E-state index in [-0.39, 0.29) is 17.9 Å². The molecule has 1 atom stereocenters. The predicted octanol–water partition coefficient (Wildman–Crippen LogP) is 5.89. The topological polar surface area (TPSA) is 79.7 Å². The first-order valence-corrected chi connectivity index (χ1v) is 12.4. The molecular weight excluding hydrogens is 452 g/mol. The molecule has 1 amide bonds. The summed E-state index contributed by atoms with van der Waals surface area (Å²) in [6.07, 6.45) is 6.56. The van der Waals surface area contributed by atoms with Gasteiger partial charge in [0, 0.05) is 24.5 Å². The second kappa shape index (κ2) is 11.2. The number of carbonyl (C=O) groups is 2. The molecule has 0 radical (unpaired) electrons. The van der Waals surface area contributed by atoms with Gasteiger partial charge in [0.05, 0.1) is 18.2 Å². The molecule has 186 valence electrons. The highest BCUT2D eigenvalue weighted by molar-refractivity contribution is 6.46. The van der Waals surface area contributed by atoms with E-state index in [1.54, 1.807) is 18.5 Å². The van der Waals surface area contributed by atoms with Crippen LogP contribution < -0.4 is 4.74 Å². The Kier molecular flexibility index (Phi) is 7.84. The molecule has 3 aromatic rings. The van der Waals surface area contributed by atoms with Crippen LogP contribution in [0.5, 0.6) is 5.75 Å². The van der Waals surface area contributed by atoms with Crippen LogP contribution >= 0.6 is 0 Å². The van der Waals surface area contributed by atoms with E-state index >= 15 is 0 Å². The van der Waals surface area contributed by atoms with E-state index < -0.39 is 17.7 Å². The van der Waals surface area contributed by atoms with Crippen molar-refractivity contribution in [3.8, 4) is 5.75 Å². The summed E-state index contributed by atoms with van der Waals surface area (Å²) in [5, 5.41) is 11.4. The first-order valence-electron chi connectivity index (χ1n) is 12.4. The smallest absolute Gasteiger partial charge is 0.295 e. The molecule has 6 heteroatoms. The summed E-state index contributed by atoms with van der Waals surface area (Å²) in [5.41, 5.74) is 3.95. The van der Waals surface area contributed by atoms with Gasteiger partial charge in [0.15, 0.2) is 0 Å². The number of hydrogen-bond donors (Lipinski definition) is 1. The first kappa shape index (κ1) is 25.2. The Morgan fingerprint density at radius 2 is 1.83 bits per heavy atom. The molecule has 1 aliphatic heterocycles. The highest BCUT2D eigenvalue weighted by Gasteiger charge is 2.46. The number of rotatable bonds is 9. The molecule has 0 spiro atoms. The molecule has 1 N–H and O–H groups in total. The van der Waals surface area contributed by atoms with E-state index in [9.17, 15) is 14.7 Å². The maximum Gasteiger partial charge on any atom is 0.295 e. The van der Waals surface area contributed by atoms with E-state index in [0.717, 1.165) is 47.3 Å². The summed E-state index contributed by atoms with van der Waals surface area (Å²) in [5.74, 6) is -0.764. The summed E-state index contributed by atoms with van der Waals surface area (Å²) in [4.78, 5) is 32.2. The highest BCUT2D eigenvalue weighted by atomic mass is 16.5. The Hall–Kier alpha value is -3.93. The molecule has 0 aliphatic carbocycles. The van der Waals surface area contributed by atoms with Crippen molar-refractivity contribution in [2.24, 2.45) is 0 Å². The number of pyridine rings is 1. The van der Waals surface area contributed by atoms with Crippen molar-refractivity contribution in [2.75, 3.05) is 6.61 Å². The molecule has 0 bridgehead atoms. The van der Waals surface area contributed by atoms with Crippen LogP contribution in [-0.2, 0) is 16.1 Å². The Morgan fingerprint density at radius 3 is 2.53 bits per heavy atom. The molecule has 36 heavy (non-hydrogen) atoms. The first-order chi connectivity index (χ1) is 17.4. The third-order valence-electron chi connectivity index (χ3n) is 6.48. The Balaban J connectivity index is 1.76. The number of ketones is 1. The number of likely N-dealkylation sites (tertiary alicyclic amines) is 1. The zero-order valence-electron chi connectivity index (χ0n) is 21.0. The fourth-order valence-electron chi connectivity index (χ4n) is 4.50. The van der Waals surface area contributed by atoms with E-state index in [0.29, 0.717) is 12.2 Å². The second-order valence-corrected chi connectivity index (χ2v) is 9.23. The predicted molar refractivity (Wildman–Crippen MR) is 139 cm³/mol. The number of aromatic nitrogens is 1. The molecule has 1 saturated heterocycles. The average molecular weight is 485 g/mol. The van der Waals surface area contributed by atoms with Gasteiger partial charge in [-0.25, -0.2) is 0 Å². The van der Waals surface area contributed by atoms with Crippen LogP contribution in [0, 0.1) is 13.8 Å². The summed E-state index contributed by atoms with van der Waals surface area (Å²) in [6.45, 7) is 6.78. The number of aryl methyl sites for hydroxylation is 2. The number of carbonyl (C=O) groups excluding carboxylic acids is 2. The third-order valence-corrected chi connectivity index (χ3v) is 6.48. The number of unbranched alkanes of at least 4 members (excludes halogenated alkanes) is 2.